The first-order valence-corrected chi connectivity index (χ1v) is 9.16. The maximum Gasteiger partial charge on any atom is 0.248 e. The molecule has 0 radical (unpaired) electrons. The van der Waals surface area contributed by atoms with E-state index >= 15 is 0 Å². The molecule has 1 fully saturated rings. The van der Waals surface area contributed by atoms with E-state index in [9.17, 15) is 13.9 Å². The number of benzene rings is 1. The third-order valence-corrected chi connectivity index (χ3v) is 5.71. The molecule has 0 unspecified atom stereocenters. The Morgan fingerprint density at radius 3 is 2.71 bits per heavy atom. The summed E-state index contributed by atoms with van der Waals surface area (Å²) in [7, 11) is 0. The van der Waals surface area contributed by atoms with Gasteiger partial charge < -0.3 is 9.84 Å². The lowest BCUT2D eigenvalue weighted by molar-refractivity contribution is -0.0960. The molecule has 0 aromatic heterocycles. The largest absolute Gasteiger partial charge is 0.508 e. The van der Waals surface area contributed by atoms with E-state index in [2.05, 4.69) is 6.92 Å². The zero-order chi connectivity index (χ0) is 17.5. The van der Waals surface area contributed by atoms with E-state index in [1.165, 1.54) is 0 Å². The fraction of sp³-hybridized carbons (Fsp3) is 0.700. The highest BCUT2D eigenvalue weighted by Gasteiger charge is 2.52. The molecule has 1 aliphatic carbocycles. The molecular formula is C20H28F2O2. The lowest BCUT2D eigenvalue weighted by Crippen LogP contribution is -2.48. The number of ether oxygens (including phenoxy) is 1. The van der Waals surface area contributed by atoms with Gasteiger partial charge in [0.25, 0.3) is 0 Å². The number of halogens is 2. The number of aromatic hydroxyl groups is 1. The molecule has 1 saturated carbocycles. The minimum Gasteiger partial charge on any atom is -0.508 e. The van der Waals surface area contributed by atoms with Crippen LogP contribution in [0.25, 0.3) is 0 Å². The van der Waals surface area contributed by atoms with Crippen LogP contribution in [-0.2, 0) is 6.42 Å². The van der Waals surface area contributed by atoms with Gasteiger partial charge in [-0.15, -0.1) is 0 Å². The summed E-state index contributed by atoms with van der Waals surface area (Å²) in [6, 6.07) is 3.70. The van der Waals surface area contributed by atoms with Gasteiger partial charge in [-0.05, 0) is 50.8 Å². The summed E-state index contributed by atoms with van der Waals surface area (Å²) < 4.78 is 34.2. The number of unbranched alkanes of at least 4 members (excludes halogenated alkanes) is 2. The van der Waals surface area contributed by atoms with E-state index < -0.39 is 11.5 Å². The Bertz CT molecular complexity index is 610. The first-order valence-electron chi connectivity index (χ1n) is 9.16. The summed E-state index contributed by atoms with van der Waals surface area (Å²) in [5.41, 5.74) is 1.14. The van der Waals surface area contributed by atoms with Crippen LogP contribution in [0.15, 0.2) is 12.1 Å². The Hall–Kier alpha value is -1.32. The van der Waals surface area contributed by atoms with Gasteiger partial charge >= 0.3 is 0 Å². The van der Waals surface area contributed by atoms with Crippen molar-refractivity contribution in [3.63, 3.8) is 0 Å². The molecule has 134 valence electrons. The highest BCUT2D eigenvalue weighted by Crippen LogP contribution is 2.57. The average molecular weight is 338 g/mol. The Kier molecular flexibility index (Phi) is 4.52. The number of alkyl halides is 2. The van der Waals surface area contributed by atoms with E-state index in [-0.39, 0.29) is 30.4 Å². The maximum absolute atomic E-state index is 14.0. The fourth-order valence-corrected chi connectivity index (χ4v) is 4.48. The van der Waals surface area contributed by atoms with Crippen LogP contribution in [0.1, 0.15) is 76.3 Å². The maximum atomic E-state index is 14.0. The van der Waals surface area contributed by atoms with Gasteiger partial charge in [-0.1, -0.05) is 19.8 Å². The standard InChI is InChI=1S/C20H28F2O2/c1-4-5-6-7-13-10-16(23)18-14-12-20(21,22)9-8-15(14)19(2,3)24-17(18)11-13/h10-11,14-15,23H,4-9,12H2,1-3H3/t14-,15-/m1/s1. The Morgan fingerprint density at radius 2 is 2.00 bits per heavy atom. The van der Waals surface area contributed by atoms with Crippen molar-refractivity contribution in [3.8, 4) is 11.5 Å². The summed E-state index contributed by atoms with van der Waals surface area (Å²) in [5, 5.41) is 10.5. The molecule has 0 bridgehead atoms. The molecule has 1 aliphatic heterocycles. The Labute approximate surface area is 143 Å². The quantitative estimate of drug-likeness (QED) is 0.701. The van der Waals surface area contributed by atoms with Crippen LogP contribution in [0, 0.1) is 5.92 Å². The molecule has 1 heterocycles. The van der Waals surface area contributed by atoms with Crippen molar-refractivity contribution in [3.05, 3.63) is 23.3 Å². The van der Waals surface area contributed by atoms with Crippen molar-refractivity contribution in [2.24, 2.45) is 5.92 Å². The number of phenols is 1. The predicted octanol–water partition coefficient (Wildman–Crippen LogP) is 5.81. The highest BCUT2D eigenvalue weighted by atomic mass is 19.3. The highest BCUT2D eigenvalue weighted by molar-refractivity contribution is 5.52. The summed E-state index contributed by atoms with van der Waals surface area (Å²) in [4.78, 5) is 0. The molecule has 4 heteroatoms. The number of hydrogen-bond donors (Lipinski definition) is 1. The number of phenolic OH excluding ortho intramolecular Hbond substituents is 1. The van der Waals surface area contributed by atoms with Crippen LogP contribution in [0.5, 0.6) is 11.5 Å². The van der Waals surface area contributed by atoms with Gasteiger partial charge in [0, 0.05) is 30.2 Å². The van der Waals surface area contributed by atoms with E-state index in [1.54, 1.807) is 6.07 Å². The third kappa shape index (κ3) is 3.25. The number of hydrogen-bond acceptors (Lipinski definition) is 2. The van der Waals surface area contributed by atoms with Crippen LogP contribution in [-0.4, -0.2) is 16.6 Å². The lowest BCUT2D eigenvalue weighted by atomic mass is 9.65. The zero-order valence-corrected chi connectivity index (χ0v) is 14.9. The molecule has 1 N–H and O–H groups in total. The van der Waals surface area contributed by atoms with E-state index in [1.807, 2.05) is 19.9 Å². The van der Waals surface area contributed by atoms with Crippen LogP contribution in [0.2, 0.25) is 0 Å². The first-order chi connectivity index (χ1) is 11.2. The second-order valence-electron chi connectivity index (χ2n) is 8.00. The summed E-state index contributed by atoms with van der Waals surface area (Å²) in [6.45, 7) is 6.12. The molecule has 24 heavy (non-hydrogen) atoms. The van der Waals surface area contributed by atoms with E-state index in [4.69, 9.17) is 4.74 Å². The average Bonchev–Trinajstić information content (AvgIpc) is 2.44. The summed E-state index contributed by atoms with van der Waals surface area (Å²) in [6.07, 6.45) is 4.36. The van der Waals surface area contributed by atoms with Crippen LogP contribution < -0.4 is 4.74 Å². The molecule has 0 spiro atoms. The summed E-state index contributed by atoms with van der Waals surface area (Å²) in [5.74, 6) is -2.25. The molecule has 0 amide bonds. The Morgan fingerprint density at radius 1 is 1.25 bits per heavy atom. The van der Waals surface area contributed by atoms with Gasteiger partial charge in [-0.25, -0.2) is 8.78 Å². The second kappa shape index (κ2) is 6.20. The van der Waals surface area contributed by atoms with E-state index in [0.29, 0.717) is 17.7 Å². The molecule has 1 aromatic rings. The molecule has 3 rings (SSSR count). The van der Waals surface area contributed by atoms with Gasteiger partial charge in [0.15, 0.2) is 0 Å². The molecule has 2 nitrogen and oxygen atoms in total. The van der Waals surface area contributed by atoms with Gasteiger partial charge in [0.2, 0.25) is 5.92 Å². The van der Waals surface area contributed by atoms with Crippen LogP contribution in [0.3, 0.4) is 0 Å². The van der Waals surface area contributed by atoms with Crippen molar-refractivity contribution in [1.82, 2.24) is 0 Å². The van der Waals surface area contributed by atoms with Gasteiger partial charge in [0.1, 0.15) is 17.1 Å². The van der Waals surface area contributed by atoms with Crippen LogP contribution in [0.4, 0.5) is 8.78 Å². The topological polar surface area (TPSA) is 29.5 Å². The number of aryl methyl sites for hydroxylation is 1. The van der Waals surface area contributed by atoms with Gasteiger partial charge in [-0.3, -0.25) is 0 Å². The van der Waals surface area contributed by atoms with Crippen molar-refractivity contribution < 1.29 is 18.6 Å². The molecular weight excluding hydrogens is 310 g/mol. The summed E-state index contributed by atoms with van der Waals surface area (Å²) >= 11 is 0. The predicted molar refractivity (Wildman–Crippen MR) is 91.1 cm³/mol. The van der Waals surface area contributed by atoms with Crippen LogP contribution >= 0.6 is 0 Å². The first kappa shape index (κ1) is 17.5. The lowest BCUT2D eigenvalue weighted by Gasteiger charge is -2.49. The van der Waals surface area contributed by atoms with Crippen molar-refractivity contribution in [2.45, 2.75) is 83.2 Å². The fourth-order valence-electron chi connectivity index (χ4n) is 4.48. The SMILES string of the molecule is CCCCCc1cc(O)c2c(c1)OC(C)(C)[C@@H]1CCC(F)(F)C[C@@H]21. The Balaban J connectivity index is 1.96. The second-order valence-corrected chi connectivity index (χ2v) is 8.00. The van der Waals surface area contributed by atoms with Crippen molar-refractivity contribution in [2.75, 3.05) is 0 Å². The minimum atomic E-state index is -2.65. The normalized spacial score (nSPS) is 27.0. The van der Waals surface area contributed by atoms with Crippen molar-refractivity contribution >= 4 is 0 Å². The molecule has 2 atom stereocenters. The number of rotatable bonds is 4. The molecule has 1 aromatic carbocycles. The van der Waals surface area contributed by atoms with Crippen molar-refractivity contribution in [1.29, 1.82) is 0 Å². The zero-order valence-electron chi connectivity index (χ0n) is 14.9. The third-order valence-electron chi connectivity index (χ3n) is 5.71. The molecule has 0 saturated heterocycles. The minimum absolute atomic E-state index is 0.0152. The van der Waals surface area contributed by atoms with Gasteiger partial charge in [0.05, 0.1) is 0 Å². The smallest absolute Gasteiger partial charge is 0.248 e. The monoisotopic (exact) mass is 338 g/mol. The number of fused-ring (bicyclic) bond motifs is 3. The van der Waals surface area contributed by atoms with E-state index in [0.717, 1.165) is 31.2 Å². The molecule has 2 aliphatic rings. The van der Waals surface area contributed by atoms with Gasteiger partial charge in [-0.2, -0.15) is 0 Å².